The quantitative estimate of drug-likeness (QED) is 0.314. The Bertz CT molecular complexity index is 1270. The summed E-state index contributed by atoms with van der Waals surface area (Å²) in [6.45, 7) is 5.70. The van der Waals surface area contributed by atoms with Crippen LogP contribution < -0.4 is 10.3 Å². The lowest BCUT2D eigenvalue weighted by Crippen LogP contribution is -2.35. The maximum absolute atomic E-state index is 12.7. The van der Waals surface area contributed by atoms with Gasteiger partial charge in [0.25, 0.3) is 5.56 Å². The van der Waals surface area contributed by atoms with Crippen LogP contribution in [0.15, 0.2) is 65.5 Å². The molecule has 4 aromatic rings. The summed E-state index contributed by atoms with van der Waals surface area (Å²) in [5.74, 6) is 1.57. The largest absolute Gasteiger partial charge is 0.491 e. The van der Waals surface area contributed by atoms with Gasteiger partial charge in [-0.15, -0.1) is 11.3 Å². The number of fused-ring (bicyclic) bond motifs is 1. The molecule has 0 saturated heterocycles. The molecular formula is C26H28ClN3O3S. The number of thiophene rings is 1. The van der Waals surface area contributed by atoms with E-state index in [0.717, 1.165) is 15.3 Å². The maximum Gasteiger partial charge on any atom is 0.259 e. The molecule has 2 aromatic carbocycles. The first kappa shape index (κ1) is 24.4. The van der Waals surface area contributed by atoms with Gasteiger partial charge < -0.3 is 14.8 Å². The number of rotatable bonds is 10. The molecule has 6 nitrogen and oxygen atoms in total. The van der Waals surface area contributed by atoms with Crippen LogP contribution in [0.2, 0.25) is 5.02 Å². The lowest BCUT2D eigenvalue weighted by molar-refractivity contribution is 0.0619. The summed E-state index contributed by atoms with van der Waals surface area (Å²) in [5, 5.41) is 12.0. The first-order valence-corrected chi connectivity index (χ1v) is 12.4. The molecule has 0 aliphatic rings. The molecular weight excluding hydrogens is 470 g/mol. The molecule has 34 heavy (non-hydrogen) atoms. The molecule has 1 atom stereocenters. The minimum atomic E-state index is -0.732. The van der Waals surface area contributed by atoms with Gasteiger partial charge >= 0.3 is 0 Å². The fraction of sp³-hybridized carbons (Fsp3) is 0.308. The second-order valence-electron chi connectivity index (χ2n) is 8.61. The zero-order valence-electron chi connectivity index (χ0n) is 19.2. The van der Waals surface area contributed by atoms with Crippen LogP contribution in [0.4, 0.5) is 0 Å². The lowest BCUT2D eigenvalue weighted by atomic mass is 10.2. The highest BCUT2D eigenvalue weighted by Gasteiger charge is 2.17. The second-order valence-corrected chi connectivity index (χ2v) is 10.1. The van der Waals surface area contributed by atoms with E-state index < -0.39 is 6.10 Å². The predicted octanol–water partition coefficient (Wildman–Crippen LogP) is 5.20. The Kier molecular flexibility index (Phi) is 8.00. The molecule has 2 aromatic heterocycles. The SMILES string of the molecule is CC(C)c1cc2c(=O)[nH]c(CN(Cc3ccccc3)CC(O)COc3ccc(Cl)cc3)nc2s1. The van der Waals surface area contributed by atoms with E-state index in [1.54, 1.807) is 35.6 Å². The van der Waals surface area contributed by atoms with E-state index in [-0.39, 0.29) is 12.2 Å². The van der Waals surface area contributed by atoms with E-state index >= 15 is 0 Å². The first-order chi connectivity index (χ1) is 16.4. The number of aromatic amines is 1. The van der Waals surface area contributed by atoms with E-state index in [0.29, 0.717) is 47.5 Å². The lowest BCUT2D eigenvalue weighted by Gasteiger charge is -2.25. The van der Waals surface area contributed by atoms with Crippen molar-refractivity contribution < 1.29 is 9.84 Å². The summed E-state index contributed by atoms with van der Waals surface area (Å²) in [4.78, 5) is 24.3. The van der Waals surface area contributed by atoms with Gasteiger partial charge in [0, 0.05) is 23.0 Å². The Labute approximate surface area is 207 Å². The Morgan fingerprint density at radius 1 is 1.12 bits per heavy atom. The predicted molar refractivity (Wildman–Crippen MR) is 138 cm³/mol. The van der Waals surface area contributed by atoms with Crippen LogP contribution >= 0.6 is 22.9 Å². The van der Waals surface area contributed by atoms with Crippen molar-refractivity contribution in [3.05, 3.63) is 92.3 Å². The Hall–Kier alpha value is -2.71. The van der Waals surface area contributed by atoms with E-state index in [2.05, 4.69) is 23.7 Å². The maximum atomic E-state index is 12.7. The third-order valence-corrected chi connectivity index (χ3v) is 6.97. The van der Waals surface area contributed by atoms with E-state index in [1.807, 2.05) is 36.4 Å². The highest BCUT2D eigenvalue weighted by atomic mass is 35.5. The Morgan fingerprint density at radius 3 is 2.56 bits per heavy atom. The van der Waals surface area contributed by atoms with Gasteiger partial charge in [-0.3, -0.25) is 9.69 Å². The normalized spacial score (nSPS) is 12.5. The molecule has 8 heteroatoms. The fourth-order valence-corrected chi connectivity index (χ4v) is 4.85. The molecule has 0 amide bonds. The van der Waals surface area contributed by atoms with Crippen LogP contribution in [0, 0.1) is 0 Å². The van der Waals surface area contributed by atoms with E-state index in [1.165, 1.54) is 0 Å². The molecule has 0 bridgehead atoms. The van der Waals surface area contributed by atoms with Crippen LogP contribution in [0.25, 0.3) is 10.2 Å². The summed E-state index contributed by atoms with van der Waals surface area (Å²) >= 11 is 7.48. The summed E-state index contributed by atoms with van der Waals surface area (Å²) < 4.78 is 5.72. The van der Waals surface area contributed by atoms with Crippen molar-refractivity contribution in [3.8, 4) is 5.75 Å². The monoisotopic (exact) mass is 497 g/mol. The third-order valence-electron chi connectivity index (χ3n) is 5.39. The number of H-pyrrole nitrogens is 1. The Morgan fingerprint density at radius 2 is 1.85 bits per heavy atom. The molecule has 0 saturated carbocycles. The molecule has 2 heterocycles. The van der Waals surface area contributed by atoms with Gasteiger partial charge in [0.1, 0.15) is 29.1 Å². The van der Waals surface area contributed by atoms with Crippen molar-refractivity contribution in [1.82, 2.24) is 14.9 Å². The average Bonchev–Trinajstić information content (AvgIpc) is 3.25. The van der Waals surface area contributed by atoms with Gasteiger partial charge in [-0.2, -0.15) is 0 Å². The number of hydrogen-bond donors (Lipinski definition) is 2. The van der Waals surface area contributed by atoms with E-state index in [4.69, 9.17) is 21.3 Å². The number of nitrogens with one attached hydrogen (secondary N) is 1. The molecule has 4 rings (SSSR count). The van der Waals surface area contributed by atoms with Crippen LogP contribution in [-0.4, -0.2) is 39.2 Å². The van der Waals surface area contributed by atoms with Crippen molar-refractivity contribution in [2.45, 2.75) is 39.0 Å². The molecule has 178 valence electrons. The van der Waals surface area contributed by atoms with Crippen molar-refractivity contribution >= 4 is 33.2 Å². The second kappa shape index (κ2) is 11.1. The highest BCUT2D eigenvalue weighted by molar-refractivity contribution is 7.18. The van der Waals surface area contributed by atoms with Gasteiger partial charge in [-0.25, -0.2) is 4.98 Å². The zero-order chi connectivity index (χ0) is 24.1. The van der Waals surface area contributed by atoms with Crippen molar-refractivity contribution in [2.24, 2.45) is 0 Å². The number of benzene rings is 2. The minimum Gasteiger partial charge on any atom is -0.491 e. The van der Waals surface area contributed by atoms with Gasteiger partial charge in [-0.1, -0.05) is 55.8 Å². The first-order valence-electron chi connectivity index (χ1n) is 11.2. The number of aliphatic hydroxyl groups excluding tert-OH is 1. The number of hydrogen-bond acceptors (Lipinski definition) is 6. The molecule has 0 aliphatic carbocycles. The topological polar surface area (TPSA) is 78.5 Å². The van der Waals surface area contributed by atoms with Crippen molar-refractivity contribution in [2.75, 3.05) is 13.2 Å². The number of nitrogens with zero attached hydrogens (tertiary/aromatic N) is 2. The van der Waals surface area contributed by atoms with Crippen molar-refractivity contribution in [3.63, 3.8) is 0 Å². The molecule has 0 aliphatic heterocycles. The average molecular weight is 498 g/mol. The van der Waals surface area contributed by atoms with Crippen molar-refractivity contribution in [1.29, 1.82) is 0 Å². The molecule has 0 spiro atoms. The molecule has 2 N–H and O–H groups in total. The highest BCUT2D eigenvalue weighted by Crippen LogP contribution is 2.27. The number of aliphatic hydroxyl groups is 1. The molecule has 0 radical (unpaired) electrons. The van der Waals surface area contributed by atoms with Crippen LogP contribution in [0.3, 0.4) is 0 Å². The molecule has 1 unspecified atom stereocenters. The summed E-state index contributed by atoms with van der Waals surface area (Å²) in [6.07, 6.45) is -0.732. The molecule has 0 fully saturated rings. The Balaban J connectivity index is 1.50. The third kappa shape index (κ3) is 6.45. The number of ether oxygens (including phenoxy) is 1. The number of halogens is 1. The summed E-state index contributed by atoms with van der Waals surface area (Å²) in [5.41, 5.74) is 0.976. The fourth-order valence-electron chi connectivity index (χ4n) is 3.67. The van der Waals surface area contributed by atoms with E-state index in [9.17, 15) is 9.90 Å². The van der Waals surface area contributed by atoms with Gasteiger partial charge in [-0.05, 0) is 41.8 Å². The smallest absolute Gasteiger partial charge is 0.259 e. The van der Waals surface area contributed by atoms with Gasteiger partial charge in [0.05, 0.1) is 11.9 Å². The van der Waals surface area contributed by atoms with Gasteiger partial charge in [0.15, 0.2) is 0 Å². The zero-order valence-corrected chi connectivity index (χ0v) is 20.8. The van der Waals surface area contributed by atoms with Crippen LogP contribution in [-0.2, 0) is 13.1 Å². The minimum absolute atomic E-state index is 0.130. The van der Waals surface area contributed by atoms with Crippen LogP contribution in [0.1, 0.15) is 36.0 Å². The number of aromatic nitrogens is 2. The van der Waals surface area contributed by atoms with Crippen LogP contribution in [0.5, 0.6) is 5.75 Å². The van der Waals surface area contributed by atoms with Gasteiger partial charge in [0.2, 0.25) is 0 Å². The summed E-state index contributed by atoms with van der Waals surface area (Å²) in [6, 6.07) is 19.0. The summed E-state index contributed by atoms with van der Waals surface area (Å²) in [7, 11) is 0. The standard InChI is InChI=1S/C26H28ClN3O3S/c1-17(2)23-12-22-25(32)28-24(29-26(22)34-23)15-30(13-18-6-4-3-5-7-18)14-20(31)16-33-21-10-8-19(27)9-11-21/h3-12,17,20,31H,13-16H2,1-2H3,(H,28,29,32).